The van der Waals surface area contributed by atoms with Crippen molar-refractivity contribution in [3.8, 4) is 5.95 Å². The molecule has 196 valence electrons. The molecule has 3 N–H and O–H groups in total. The zero-order valence-electron chi connectivity index (χ0n) is 20.9. The van der Waals surface area contributed by atoms with Crippen molar-refractivity contribution in [3.63, 3.8) is 0 Å². The lowest BCUT2D eigenvalue weighted by molar-refractivity contribution is 0.141. The molecule has 37 heavy (non-hydrogen) atoms. The summed E-state index contributed by atoms with van der Waals surface area (Å²) in [6.07, 6.45) is 7.40. The number of aromatic nitrogens is 4. The van der Waals surface area contributed by atoms with Gasteiger partial charge in [0, 0.05) is 69.2 Å². The molecule has 0 spiro atoms. The number of anilines is 3. The van der Waals surface area contributed by atoms with Crippen molar-refractivity contribution in [1.29, 1.82) is 0 Å². The normalized spacial score (nSPS) is 17.1. The number of piperazine rings is 1. The standard InChI is InChI=1S/C26H32F2N8O/c1-2-4-23-18(15-30-36(23)26-31-24(29)14-25(32-26)35-16-22(37)17-35)5-3-6-33-7-9-34(10-8-33)21-12-19(27)11-20(28)13-21/h3,5,11-15,22,37H,2,4,6-10,16-17H2,1H3,(H2,29,31,32). The molecule has 0 atom stereocenters. The van der Waals surface area contributed by atoms with Crippen LogP contribution in [0.15, 0.2) is 36.5 Å². The molecule has 3 aromatic rings. The van der Waals surface area contributed by atoms with Crippen LogP contribution in [0.25, 0.3) is 12.0 Å². The van der Waals surface area contributed by atoms with Crippen LogP contribution in [-0.4, -0.2) is 81.7 Å². The van der Waals surface area contributed by atoms with E-state index >= 15 is 0 Å². The molecule has 0 unspecified atom stereocenters. The molecule has 2 aliphatic heterocycles. The second kappa shape index (κ2) is 10.8. The Bertz CT molecular complexity index is 1250. The topological polar surface area (TPSA) is 99.6 Å². The van der Waals surface area contributed by atoms with Crippen molar-refractivity contribution in [1.82, 2.24) is 24.6 Å². The van der Waals surface area contributed by atoms with Crippen molar-refractivity contribution >= 4 is 23.4 Å². The van der Waals surface area contributed by atoms with Crippen molar-refractivity contribution < 1.29 is 13.9 Å². The van der Waals surface area contributed by atoms with Crippen molar-refractivity contribution in [2.75, 3.05) is 61.3 Å². The fourth-order valence-electron chi connectivity index (χ4n) is 4.76. The molecule has 11 heteroatoms. The predicted molar refractivity (Wildman–Crippen MR) is 140 cm³/mol. The van der Waals surface area contributed by atoms with E-state index in [-0.39, 0.29) is 6.10 Å². The van der Waals surface area contributed by atoms with Crippen molar-refractivity contribution in [3.05, 3.63) is 59.4 Å². The Kier molecular flexibility index (Phi) is 7.33. The number of halogens is 2. The molecule has 0 aliphatic carbocycles. The van der Waals surface area contributed by atoms with E-state index in [1.165, 1.54) is 12.1 Å². The van der Waals surface area contributed by atoms with E-state index in [0.29, 0.717) is 49.5 Å². The molecular weight excluding hydrogens is 478 g/mol. The van der Waals surface area contributed by atoms with Gasteiger partial charge in [-0.05, 0) is 18.6 Å². The van der Waals surface area contributed by atoms with Crippen LogP contribution in [0.5, 0.6) is 0 Å². The molecule has 1 aromatic carbocycles. The molecule has 2 saturated heterocycles. The molecule has 4 heterocycles. The average molecular weight is 511 g/mol. The van der Waals surface area contributed by atoms with Gasteiger partial charge >= 0.3 is 0 Å². The molecule has 2 aromatic heterocycles. The number of nitrogen functional groups attached to an aromatic ring is 1. The van der Waals surface area contributed by atoms with E-state index in [1.807, 2.05) is 16.0 Å². The number of hydrogen-bond donors (Lipinski definition) is 2. The zero-order valence-corrected chi connectivity index (χ0v) is 20.9. The van der Waals surface area contributed by atoms with Crippen LogP contribution in [0.3, 0.4) is 0 Å². The van der Waals surface area contributed by atoms with Gasteiger partial charge < -0.3 is 20.6 Å². The van der Waals surface area contributed by atoms with Gasteiger partial charge in [-0.2, -0.15) is 15.1 Å². The van der Waals surface area contributed by atoms with Crippen LogP contribution in [0.1, 0.15) is 24.6 Å². The zero-order chi connectivity index (χ0) is 25.9. The first kappa shape index (κ1) is 25.1. The van der Waals surface area contributed by atoms with Crippen LogP contribution >= 0.6 is 0 Å². The smallest absolute Gasteiger partial charge is 0.254 e. The third kappa shape index (κ3) is 5.72. The highest BCUT2D eigenvalue weighted by molar-refractivity contribution is 5.55. The number of hydrogen-bond acceptors (Lipinski definition) is 8. The first-order valence-corrected chi connectivity index (χ1v) is 12.6. The summed E-state index contributed by atoms with van der Waals surface area (Å²) in [5.74, 6) is 0.356. The maximum Gasteiger partial charge on any atom is 0.254 e. The summed E-state index contributed by atoms with van der Waals surface area (Å²) in [4.78, 5) is 15.3. The summed E-state index contributed by atoms with van der Waals surface area (Å²) in [7, 11) is 0. The quantitative estimate of drug-likeness (QED) is 0.477. The highest BCUT2D eigenvalue weighted by atomic mass is 19.1. The Morgan fingerprint density at radius 1 is 1.03 bits per heavy atom. The van der Waals surface area contributed by atoms with Gasteiger partial charge in [-0.25, -0.2) is 13.5 Å². The SMILES string of the molecule is CCCc1c(C=CCN2CCN(c3cc(F)cc(F)c3)CC2)cnn1-c1nc(N)cc(N2CC(O)C2)n1. The summed E-state index contributed by atoms with van der Waals surface area (Å²) in [5.41, 5.74) is 8.66. The first-order chi connectivity index (χ1) is 17.9. The van der Waals surface area contributed by atoms with Gasteiger partial charge in [0.15, 0.2) is 0 Å². The minimum atomic E-state index is -0.553. The van der Waals surface area contributed by atoms with Gasteiger partial charge in [0.25, 0.3) is 5.95 Å². The summed E-state index contributed by atoms with van der Waals surface area (Å²) >= 11 is 0. The first-order valence-electron chi connectivity index (χ1n) is 12.6. The van der Waals surface area contributed by atoms with Gasteiger partial charge in [0.05, 0.1) is 18.0 Å². The second-order valence-corrected chi connectivity index (χ2v) is 9.54. The fraction of sp³-hybridized carbons (Fsp3) is 0.423. The maximum atomic E-state index is 13.6. The van der Waals surface area contributed by atoms with Crippen LogP contribution in [-0.2, 0) is 6.42 Å². The summed E-state index contributed by atoms with van der Waals surface area (Å²) in [5, 5.41) is 14.2. The van der Waals surface area contributed by atoms with Crippen LogP contribution in [0.4, 0.5) is 26.1 Å². The summed E-state index contributed by atoms with van der Waals surface area (Å²) in [6.45, 7) is 6.94. The van der Waals surface area contributed by atoms with Gasteiger partial charge in [-0.1, -0.05) is 25.5 Å². The van der Waals surface area contributed by atoms with E-state index in [4.69, 9.17) is 5.73 Å². The summed E-state index contributed by atoms with van der Waals surface area (Å²) < 4.78 is 28.9. The molecule has 5 rings (SSSR count). The monoisotopic (exact) mass is 510 g/mol. The molecule has 0 bridgehead atoms. The van der Waals surface area contributed by atoms with E-state index in [0.717, 1.165) is 49.8 Å². The maximum absolute atomic E-state index is 13.6. The highest BCUT2D eigenvalue weighted by Crippen LogP contribution is 2.24. The van der Waals surface area contributed by atoms with Gasteiger partial charge in [0.1, 0.15) is 23.3 Å². The number of nitrogens with zero attached hydrogens (tertiary/aromatic N) is 7. The number of rotatable bonds is 8. The second-order valence-electron chi connectivity index (χ2n) is 9.54. The lowest BCUT2D eigenvalue weighted by atomic mass is 10.1. The van der Waals surface area contributed by atoms with E-state index < -0.39 is 11.6 Å². The Morgan fingerprint density at radius 3 is 2.43 bits per heavy atom. The third-order valence-electron chi connectivity index (χ3n) is 6.73. The molecule has 0 amide bonds. The number of benzene rings is 1. The predicted octanol–water partition coefficient (Wildman–Crippen LogP) is 2.49. The van der Waals surface area contributed by atoms with E-state index in [9.17, 15) is 13.9 Å². The highest BCUT2D eigenvalue weighted by Gasteiger charge is 2.27. The largest absolute Gasteiger partial charge is 0.389 e. The van der Waals surface area contributed by atoms with Crippen molar-refractivity contribution in [2.45, 2.75) is 25.9 Å². The molecule has 0 saturated carbocycles. The molecule has 2 fully saturated rings. The molecule has 9 nitrogen and oxygen atoms in total. The third-order valence-corrected chi connectivity index (χ3v) is 6.73. The number of aliphatic hydroxyl groups excluding tert-OH is 1. The number of β-amino-alcohol motifs (C(OH)–C–C–N with tert-alkyl or cyclic N) is 1. The van der Waals surface area contributed by atoms with Crippen molar-refractivity contribution in [2.24, 2.45) is 0 Å². The summed E-state index contributed by atoms with van der Waals surface area (Å²) in [6, 6.07) is 5.37. The van der Waals surface area contributed by atoms with Crippen LogP contribution in [0.2, 0.25) is 0 Å². The lowest BCUT2D eigenvalue weighted by Crippen LogP contribution is -2.51. The fourth-order valence-corrected chi connectivity index (χ4v) is 4.76. The van der Waals surface area contributed by atoms with E-state index in [2.05, 4.69) is 39.0 Å². The molecule has 0 radical (unpaired) electrons. The van der Waals surface area contributed by atoms with Crippen LogP contribution < -0.4 is 15.5 Å². The van der Waals surface area contributed by atoms with Crippen LogP contribution in [0, 0.1) is 11.6 Å². The van der Waals surface area contributed by atoms with E-state index in [1.54, 1.807) is 10.7 Å². The number of nitrogens with two attached hydrogens (primary N) is 1. The molecular formula is C26H32F2N8O. The van der Waals surface area contributed by atoms with Gasteiger partial charge in [-0.15, -0.1) is 0 Å². The van der Waals surface area contributed by atoms with Gasteiger partial charge in [0.2, 0.25) is 0 Å². The Balaban J connectivity index is 1.24. The minimum Gasteiger partial charge on any atom is -0.389 e. The minimum absolute atomic E-state index is 0.343. The Morgan fingerprint density at radius 2 is 1.76 bits per heavy atom. The Labute approximate surface area is 214 Å². The molecule has 2 aliphatic rings. The average Bonchev–Trinajstić information content (AvgIpc) is 3.24. The Hall–Kier alpha value is -3.57. The number of aliphatic hydroxyl groups is 1. The lowest BCUT2D eigenvalue weighted by Gasteiger charge is -2.36. The van der Waals surface area contributed by atoms with Gasteiger partial charge in [-0.3, -0.25) is 4.90 Å².